The largest absolute Gasteiger partial charge is 0.368 e. The van der Waals surface area contributed by atoms with Gasteiger partial charge in [-0.05, 0) is 18.8 Å². The van der Waals surface area contributed by atoms with Gasteiger partial charge in [0.25, 0.3) is 0 Å². The maximum atomic E-state index is 9.56. The molecule has 96 valence electrons. The molecule has 3 unspecified atom stereocenters. The molecule has 0 heterocycles. The fourth-order valence-electron chi connectivity index (χ4n) is 2.32. The van der Waals surface area contributed by atoms with Gasteiger partial charge in [0.05, 0.1) is 6.10 Å². The second-order valence-corrected chi connectivity index (χ2v) is 4.71. The lowest BCUT2D eigenvalue weighted by Crippen LogP contribution is -2.28. The van der Waals surface area contributed by atoms with E-state index in [4.69, 9.17) is 14.9 Å². The summed E-state index contributed by atoms with van der Waals surface area (Å²) in [5.41, 5.74) is 0. The van der Waals surface area contributed by atoms with Crippen LogP contribution in [0, 0.1) is 5.92 Å². The Labute approximate surface area is 97.2 Å². The quantitative estimate of drug-likeness (QED) is 0.605. The molecule has 0 bridgehead atoms. The van der Waals surface area contributed by atoms with Crippen LogP contribution in [0.25, 0.3) is 0 Å². The molecular formula is C12H24O4. The first-order valence-corrected chi connectivity index (χ1v) is 6.31. The Hall–Kier alpha value is -0.160. The minimum atomic E-state index is -1.35. The predicted octanol–water partition coefficient (Wildman–Crippen LogP) is 1.38. The molecule has 16 heavy (non-hydrogen) atoms. The maximum absolute atomic E-state index is 9.56. The molecule has 1 aliphatic carbocycles. The number of hydrogen-bond acceptors (Lipinski definition) is 4. The van der Waals surface area contributed by atoms with Gasteiger partial charge in [-0.1, -0.05) is 26.2 Å². The summed E-state index contributed by atoms with van der Waals surface area (Å²) in [6.45, 7) is 2.19. The van der Waals surface area contributed by atoms with Gasteiger partial charge >= 0.3 is 0 Å². The molecule has 3 N–H and O–H groups in total. The number of rotatable bonds is 6. The van der Waals surface area contributed by atoms with Crippen molar-refractivity contribution in [1.29, 1.82) is 0 Å². The Morgan fingerprint density at radius 2 is 1.94 bits per heavy atom. The van der Waals surface area contributed by atoms with Gasteiger partial charge in [-0.2, -0.15) is 0 Å². The van der Waals surface area contributed by atoms with Crippen LogP contribution in [0.15, 0.2) is 0 Å². The molecule has 0 spiro atoms. The summed E-state index contributed by atoms with van der Waals surface area (Å²) in [5, 5.41) is 26.9. The van der Waals surface area contributed by atoms with E-state index in [0.717, 1.165) is 18.8 Å². The zero-order valence-corrected chi connectivity index (χ0v) is 10.0. The number of hydrogen-bond donors (Lipinski definition) is 3. The molecule has 1 fully saturated rings. The van der Waals surface area contributed by atoms with Gasteiger partial charge in [-0.3, -0.25) is 0 Å². The molecule has 0 aliphatic heterocycles. The lowest BCUT2D eigenvalue weighted by Gasteiger charge is -2.30. The molecule has 1 rings (SSSR count). The lowest BCUT2D eigenvalue weighted by atomic mass is 9.85. The highest BCUT2D eigenvalue weighted by Gasteiger charge is 2.23. The van der Waals surface area contributed by atoms with Crippen molar-refractivity contribution in [2.75, 3.05) is 0 Å². The van der Waals surface area contributed by atoms with Crippen LogP contribution >= 0.6 is 0 Å². The first-order valence-electron chi connectivity index (χ1n) is 6.31. The molecule has 4 nitrogen and oxygen atoms in total. The Morgan fingerprint density at radius 1 is 1.19 bits per heavy atom. The van der Waals surface area contributed by atoms with Crippen molar-refractivity contribution in [3.8, 4) is 0 Å². The highest BCUT2D eigenvalue weighted by molar-refractivity contribution is 4.72. The SMILES string of the molecule is CCC1CCCC(OC(O)CCC(O)O)C1. The van der Waals surface area contributed by atoms with Crippen LogP contribution in [0.3, 0.4) is 0 Å². The molecule has 0 aromatic carbocycles. The van der Waals surface area contributed by atoms with E-state index in [2.05, 4.69) is 6.92 Å². The zero-order valence-electron chi connectivity index (χ0n) is 10.0. The van der Waals surface area contributed by atoms with Crippen molar-refractivity contribution in [2.45, 2.75) is 70.6 Å². The van der Waals surface area contributed by atoms with Crippen LogP contribution < -0.4 is 0 Å². The zero-order chi connectivity index (χ0) is 12.0. The van der Waals surface area contributed by atoms with Crippen LogP contribution in [0.2, 0.25) is 0 Å². The van der Waals surface area contributed by atoms with Gasteiger partial charge < -0.3 is 20.1 Å². The van der Waals surface area contributed by atoms with Gasteiger partial charge in [0, 0.05) is 12.8 Å². The number of aliphatic hydroxyl groups excluding tert-OH is 2. The number of aliphatic hydroxyl groups is 3. The standard InChI is InChI=1S/C12H24O4/c1-2-9-4-3-5-10(8-9)16-12(15)7-6-11(13)14/h9-15H,2-8H2,1H3. The van der Waals surface area contributed by atoms with Gasteiger partial charge in [0.15, 0.2) is 12.6 Å². The lowest BCUT2D eigenvalue weighted by molar-refractivity contribution is -0.161. The first kappa shape index (κ1) is 13.9. The minimum Gasteiger partial charge on any atom is -0.368 e. The van der Waals surface area contributed by atoms with E-state index in [-0.39, 0.29) is 18.9 Å². The molecule has 0 amide bonds. The molecule has 4 heteroatoms. The van der Waals surface area contributed by atoms with Crippen molar-refractivity contribution in [1.82, 2.24) is 0 Å². The Kier molecular flexibility index (Phi) is 6.28. The molecule has 1 saturated carbocycles. The molecule has 0 radical (unpaired) electrons. The van der Waals surface area contributed by atoms with Crippen molar-refractivity contribution in [2.24, 2.45) is 5.92 Å². The molecule has 3 atom stereocenters. The average molecular weight is 232 g/mol. The smallest absolute Gasteiger partial charge is 0.155 e. The molecular weight excluding hydrogens is 208 g/mol. The summed E-state index contributed by atoms with van der Waals surface area (Å²) in [6, 6.07) is 0. The highest BCUT2D eigenvalue weighted by atomic mass is 16.6. The Balaban J connectivity index is 2.19. The summed E-state index contributed by atoms with van der Waals surface area (Å²) in [4.78, 5) is 0. The van der Waals surface area contributed by atoms with Crippen molar-refractivity contribution >= 4 is 0 Å². The van der Waals surface area contributed by atoms with E-state index in [1.807, 2.05) is 0 Å². The van der Waals surface area contributed by atoms with Crippen molar-refractivity contribution in [3.05, 3.63) is 0 Å². The topological polar surface area (TPSA) is 69.9 Å². The van der Waals surface area contributed by atoms with Crippen molar-refractivity contribution in [3.63, 3.8) is 0 Å². The predicted molar refractivity (Wildman–Crippen MR) is 60.6 cm³/mol. The van der Waals surface area contributed by atoms with Gasteiger partial charge in [0.2, 0.25) is 0 Å². The molecule has 0 aromatic heterocycles. The fraction of sp³-hybridized carbons (Fsp3) is 1.00. The van der Waals surface area contributed by atoms with Gasteiger partial charge in [-0.15, -0.1) is 0 Å². The number of ether oxygens (including phenoxy) is 1. The highest BCUT2D eigenvalue weighted by Crippen LogP contribution is 2.29. The van der Waals surface area contributed by atoms with Crippen molar-refractivity contribution < 1.29 is 20.1 Å². The minimum absolute atomic E-state index is 0.143. The second-order valence-electron chi connectivity index (χ2n) is 4.71. The first-order chi connectivity index (χ1) is 7.61. The summed E-state index contributed by atoms with van der Waals surface area (Å²) in [7, 11) is 0. The third-order valence-electron chi connectivity index (χ3n) is 3.33. The summed E-state index contributed by atoms with van der Waals surface area (Å²) >= 11 is 0. The van der Waals surface area contributed by atoms with E-state index in [1.54, 1.807) is 0 Å². The second kappa shape index (κ2) is 7.22. The van der Waals surface area contributed by atoms with E-state index in [1.165, 1.54) is 19.3 Å². The van der Waals surface area contributed by atoms with E-state index < -0.39 is 12.6 Å². The summed E-state index contributed by atoms with van der Waals surface area (Å²) in [6.07, 6.45) is 4.01. The van der Waals surface area contributed by atoms with E-state index >= 15 is 0 Å². The molecule has 0 aromatic rings. The normalized spacial score (nSPS) is 28.3. The van der Waals surface area contributed by atoms with Crippen LogP contribution in [-0.2, 0) is 4.74 Å². The third-order valence-corrected chi connectivity index (χ3v) is 3.33. The summed E-state index contributed by atoms with van der Waals surface area (Å²) in [5.74, 6) is 0.717. The summed E-state index contributed by atoms with van der Waals surface area (Å²) < 4.78 is 5.51. The van der Waals surface area contributed by atoms with Gasteiger partial charge in [-0.25, -0.2) is 0 Å². The third kappa shape index (κ3) is 5.25. The maximum Gasteiger partial charge on any atom is 0.155 e. The molecule has 0 saturated heterocycles. The fourth-order valence-corrected chi connectivity index (χ4v) is 2.32. The van der Waals surface area contributed by atoms with E-state index in [9.17, 15) is 5.11 Å². The molecule has 1 aliphatic rings. The average Bonchev–Trinajstić information content (AvgIpc) is 2.26. The van der Waals surface area contributed by atoms with E-state index in [0.29, 0.717) is 0 Å². The monoisotopic (exact) mass is 232 g/mol. The van der Waals surface area contributed by atoms with Crippen LogP contribution in [-0.4, -0.2) is 34.0 Å². The Bertz CT molecular complexity index is 184. The van der Waals surface area contributed by atoms with Gasteiger partial charge in [0.1, 0.15) is 0 Å². The van der Waals surface area contributed by atoms with Crippen LogP contribution in [0.1, 0.15) is 51.9 Å². The van der Waals surface area contributed by atoms with Crippen LogP contribution in [0.5, 0.6) is 0 Å². The van der Waals surface area contributed by atoms with Crippen LogP contribution in [0.4, 0.5) is 0 Å². The Morgan fingerprint density at radius 3 is 2.56 bits per heavy atom.